The summed E-state index contributed by atoms with van der Waals surface area (Å²) in [7, 11) is 3.97. The first-order valence-corrected chi connectivity index (χ1v) is 8.09. The molecule has 0 unspecified atom stereocenters. The Morgan fingerprint density at radius 3 is 2.38 bits per heavy atom. The summed E-state index contributed by atoms with van der Waals surface area (Å²) in [6, 6.07) is 8.01. The number of likely N-dealkylation sites (tertiary alicyclic amines) is 1. The highest BCUT2D eigenvalue weighted by Gasteiger charge is 2.24. The Morgan fingerprint density at radius 2 is 1.76 bits per heavy atom. The van der Waals surface area contributed by atoms with Crippen LogP contribution in [0.4, 0.5) is 0 Å². The molecule has 1 aromatic rings. The van der Waals surface area contributed by atoms with Crippen LogP contribution in [0.2, 0.25) is 0 Å². The molecule has 1 aromatic carbocycles. The average molecular weight is 290 g/mol. The molecule has 0 N–H and O–H groups in total. The molecule has 0 saturated carbocycles. The second-order valence-electron chi connectivity index (χ2n) is 6.49. The highest BCUT2D eigenvalue weighted by molar-refractivity contribution is 5.78. The molecule has 0 radical (unpaired) electrons. The molecule has 0 bridgehead atoms. The maximum absolute atomic E-state index is 12.1. The van der Waals surface area contributed by atoms with Crippen molar-refractivity contribution in [3.8, 4) is 5.75 Å². The van der Waals surface area contributed by atoms with Gasteiger partial charge in [-0.25, -0.2) is 0 Å². The van der Waals surface area contributed by atoms with Crippen molar-refractivity contribution >= 4 is 5.78 Å². The lowest BCUT2D eigenvalue weighted by molar-refractivity contribution is -0.913. The Morgan fingerprint density at radius 1 is 1.10 bits per heavy atom. The number of Topliss-reactive ketones (excluding diaryl/α,β-unsaturated/α-hetero) is 1. The summed E-state index contributed by atoms with van der Waals surface area (Å²) in [5.74, 6) is 1.27. The number of ketones is 1. The van der Waals surface area contributed by atoms with Gasteiger partial charge in [-0.3, -0.25) is 4.79 Å². The lowest BCUT2D eigenvalue weighted by Gasteiger charge is -2.37. The Balaban J connectivity index is 1.71. The Labute approximate surface area is 128 Å². The summed E-state index contributed by atoms with van der Waals surface area (Å²) in [5.41, 5.74) is 1.21. The second-order valence-corrected chi connectivity index (χ2v) is 6.49. The molecule has 0 aliphatic carbocycles. The summed E-state index contributed by atoms with van der Waals surface area (Å²) < 4.78 is 6.23. The van der Waals surface area contributed by atoms with Crippen LogP contribution in [0, 0.1) is 0 Å². The standard InChI is InChI=1S/C18H28NO2/c1-19(13-4-3-5-14-19)15-12-17(20)9-6-16-7-10-18(21-2)11-8-16/h7-8,10-11H,3-6,9,12-15H2,1-2H3/q+1. The Kier molecular flexibility index (Phi) is 5.80. The van der Waals surface area contributed by atoms with Gasteiger partial charge in [0.1, 0.15) is 11.5 Å². The third kappa shape index (κ3) is 5.16. The molecule has 116 valence electrons. The minimum atomic E-state index is 0.399. The van der Waals surface area contributed by atoms with Gasteiger partial charge in [0.25, 0.3) is 0 Å². The fourth-order valence-electron chi connectivity index (χ4n) is 3.09. The van der Waals surface area contributed by atoms with Crippen molar-refractivity contribution < 1.29 is 14.0 Å². The predicted octanol–water partition coefficient (Wildman–Crippen LogP) is 3.22. The van der Waals surface area contributed by atoms with Crippen molar-refractivity contribution in [2.45, 2.75) is 38.5 Å². The number of piperidine rings is 1. The van der Waals surface area contributed by atoms with Gasteiger partial charge in [0.05, 0.1) is 40.2 Å². The highest BCUT2D eigenvalue weighted by Crippen LogP contribution is 2.17. The van der Waals surface area contributed by atoms with Crippen molar-refractivity contribution in [1.82, 2.24) is 0 Å². The van der Waals surface area contributed by atoms with Crippen molar-refractivity contribution in [2.75, 3.05) is 33.8 Å². The van der Waals surface area contributed by atoms with Gasteiger partial charge in [0.15, 0.2) is 0 Å². The highest BCUT2D eigenvalue weighted by atomic mass is 16.5. The average Bonchev–Trinajstić information content (AvgIpc) is 2.52. The minimum Gasteiger partial charge on any atom is -0.497 e. The van der Waals surface area contributed by atoms with Gasteiger partial charge >= 0.3 is 0 Å². The zero-order valence-electron chi connectivity index (χ0n) is 13.4. The van der Waals surface area contributed by atoms with E-state index in [4.69, 9.17) is 4.74 Å². The van der Waals surface area contributed by atoms with Crippen molar-refractivity contribution in [3.05, 3.63) is 29.8 Å². The number of hydrogen-bond acceptors (Lipinski definition) is 2. The molecule has 3 heteroatoms. The van der Waals surface area contributed by atoms with Crippen molar-refractivity contribution in [2.24, 2.45) is 0 Å². The Bertz CT molecular complexity index is 447. The maximum Gasteiger partial charge on any atom is 0.138 e. The number of ether oxygens (including phenoxy) is 1. The van der Waals surface area contributed by atoms with Crippen LogP contribution in [-0.4, -0.2) is 44.1 Å². The van der Waals surface area contributed by atoms with E-state index in [1.54, 1.807) is 7.11 Å². The fraction of sp³-hybridized carbons (Fsp3) is 0.611. The SMILES string of the molecule is COc1ccc(CCC(=O)CC[N+]2(C)CCCCC2)cc1. The summed E-state index contributed by atoms with van der Waals surface area (Å²) in [6.07, 6.45) is 6.22. The van der Waals surface area contributed by atoms with Gasteiger partial charge < -0.3 is 9.22 Å². The van der Waals surface area contributed by atoms with Crippen LogP contribution >= 0.6 is 0 Å². The summed E-state index contributed by atoms with van der Waals surface area (Å²) in [4.78, 5) is 12.1. The zero-order valence-corrected chi connectivity index (χ0v) is 13.4. The summed E-state index contributed by atoms with van der Waals surface area (Å²) >= 11 is 0. The quantitative estimate of drug-likeness (QED) is 0.721. The van der Waals surface area contributed by atoms with E-state index in [1.807, 2.05) is 24.3 Å². The molecule has 2 rings (SSSR count). The van der Waals surface area contributed by atoms with E-state index >= 15 is 0 Å². The van der Waals surface area contributed by atoms with Gasteiger partial charge in [-0.2, -0.15) is 0 Å². The lowest BCUT2D eigenvalue weighted by atomic mass is 10.0. The maximum atomic E-state index is 12.1. The van der Waals surface area contributed by atoms with Gasteiger partial charge in [0, 0.05) is 6.42 Å². The molecule has 0 spiro atoms. The monoisotopic (exact) mass is 290 g/mol. The van der Waals surface area contributed by atoms with Crippen LogP contribution in [0.5, 0.6) is 5.75 Å². The molecular weight excluding hydrogens is 262 g/mol. The minimum absolute atomic E-state index is 0.399. The second kappa shape index (κ2) is 7.60. The van der Waals surface area contributed by atoms with E-state index in [-0.39, 0.29) is 0 Å². The number of carbonyl (C=O) groups is 1. The van der Waals surface area contributed by atoms with E-state index in [9.17, 15) is 4.79 Å². The number of aryl methyl sites for hydroxylation is 1. The van der Waals surface area contributed by atoms with Gasteiger partial charge in [0.2, 0.25) is 0 Å². The van der Waals surface area contributed by atoms with E-state index < -0.39 is 0 Å². The molecule has 1 aliphatic heterocycles. The molecular formula is C18H28NO2+. The van der Waals surface area contributed by atoms with Crippen LogP contribution in [0.15, 0.2) is 24.3 Å². The first kappa shape index (κ1) is 16.0. The number of hydrogen-bond donors (Lipinski definition) is 0. The first-order chi connectivity index (χ1) is 10.1. The van der Waals surface area contributed by atoms with E-state index in [2.05, 4.69) is 7.05 Å². The molecule has 1 heterocycles. The number of quaternary nitrogens is 1. The van der Waals surface area contributed by atoms with Crippen molar-refractivity contribution in [3.63, 3.8) is 0 Å². The number of rotatable bonds is 7. The summed E-state index contributed by atoms with van der Waals surface area (Å²) in [5, 5.41) is 0. The molecule has 0 atom stereocenters. The van der Waals surface area contributed by atoms with E-state index in [0.29, 0.717) is 12.2 Å². The van der Waals surface area contributed by atoms with Crippen molar-refractivity contribution in [1.29, 1.82) is 0 Å². The predicted molar refractivity (Wildman–Crippen MR) is 85.6 cm³/mol. The fourth-order valence-corrected chi connectivity index (χ4v) is 3.09. The zero-order chi connectivity index (χ0) is 15.1. The van der Waals surface area contributed by atoms with Gasteiger partial charge in [-0.15, -0.1) is 0 Å². The third-order valence-electron chi connectivity index (χ3n) is 4.68. The lowest BCUT2D eigenvalue weighted by Crippen LogP contribution is -2.48. The Hall–Kier alpha value is -1.35. The topological polar surface area (TPSA) is 26.3 Å². The summed E-state index contributed by atoms with van der Waals surface area (Å²) in [6.45, 7) is 3.50. The number of benzene rings is 1. The van der Waals surface area contributed by atoms with Crippen LogP contribution in [0.25, 0.3) is 0 Å². The number of nitrogens with zero attached hydrogens (tertiary/aromatic N) is 1. The molecule has 21 heavy (non-hydrogen) atoms. The molecule has 3 nitrogen and oxygen atoms in total. The van der Waals surface area contributed by atoms with Crippen LogP contribution < -0.4 is 4.74 Å². The van der Waals surface area contributed by atoms with E-state index in [1.165, 1.54) is 37.9 Å². The van der Waals surface area contributed by atoms with Crippen LogP contribution in [-0.2, 0) is 11.2 Å². The normalized spacial score (nSPS) is 17.4. The number of methoxy groups -OCH3 is 1. The molecule has 0 aromatic heterocycles. The molecule has 0 amide bonds. The van der Waals surface area contributed by atoms with Crippen LogP contribution in [0.3, 0.4) is 0 Å². The molecule has 1 fully saturated rings. The number of carbonyl (C=O) groups excluding carboxylic acids is 1. The van der Waals surface area contributed by atoms with E-state index in [0.717, 1.165) is 29.6 Å². The molecule has 1 aliphatic rings. The molecule has 1 saturated heterocycles. The first-order valence-electron chi connectivity index (χ1n) is 8.09. The third-order valence-corrected chi connectivity index (χ3v) is 4.68. The smallest absolute Gasteiger partial charge is 0.138 e. The largest absolute Gasteiger partial charge is 0.497 e. The van der Waals surface area contributed by atoms with Crippen LogP contribution in [0.1, 0.15) is 37.7 Å². The van der Waals surface area contributed by atoms with Gasteiger partial charge in [-0.1, -0.05) is 12.1 Å². The van der Waals surface area contributed by atoms with Gasteiger partial charge in [-0.05, 0) is 43.4 Å².